The van der Waals surface area contributed by atoms with Crippen molar-refractivity contribution >= 4 is 17.7 Å². The van der Waals surface area contributed by atoms with Crippen LogP contribution in [0, 0.1) is 0 Å². The van der Waals surface area contributed by atoms with Crippen LogP contribution in [0.25, 0.3) is 0 Å². The maximum atomic E-state index is 12.1. The van der Waals surface area contributed by atoms with Gasteiger partial charge in [0.05, 0.1) is 0 Å². The molecule has 6 nitrogen and oxygen atoms in total. The Kier molecular flexibility index (Phi) is 4.71. The Morgan fingerprint density at radius 1 is 1.23 bits per heavy atom. The van der Waals surface area contributed by atoms with Gasteiger partial charge in [-0.1, -0.05) is 6.07 Å². The quantitative estimate of drug-likeness (QED) is 0.931. The molecule has 6 heteroatoms. The summed E-state index contributed by atoms with van der Waals surface area (Å²) in [5, 5.41) is 2.76. The normalized spacial score (nSPS) is 13.7. The molecule has 0 aromatic heterocycles. The van der Waals surface area contributed by atoms with Crippen LogP contribution in [0.2, 0.25) is 0 Å². The lowest BCUT2D eigenvalue weighted by Crippen LogP contribution is -2.33. The molecule has 0 radical (unpaired) electrons. The number of nitrogens with zero attached hydrogens (tertiary/aromatic N) is 1. The van der Waals surface area contributed by atoms with E-state index in [0.717, 1.165) is 11.1 Å². The summed E-state index contributed by atoms with van der Waals surface area (Å²) in [5.74, 6) is -0.204. The lowest BCUT2D eigenvalue weighted by Gasteiger charge is -2.24. The third kappa shape index (κ3) is 4.21. The Balaban J connectivity index is 2.02. The van der Waals surface area contributed by atoms with E-state index in [1.807, 2.05) is 39.0 Å². The zero-order valence-corrected chi connectivity index (χ0v) is 13.4. The van der Waals surface area contributed by atoms with Gasteiger partial charge in [0.25, 0.3) is 0 Å². The summed E-state index contributed by atoms with van der Waals surface area (Å²) in [7, 11) is 1.47. The van der Waals surface area contributed by atoms with Crippen LogP contribution in [0.15, 0.2) is 18.2 Å². The van der Waals surface area contributed by atoms with Gasteiger partial charge in [-0.05, 0) is 44.0 Å². The summed E-state index contributed by atoms with van der Waals surface area (Å²) in [5.41, 5.74) is 2.27. The molecule has 2 amide bonds. The number of ether oxygens (including phenoxy) is 2. The van der Waals surface area contributed by atoms with Crippen LogP contribution in [-0.4, -0.2) is 36.2 Å². The molecular formula is C16H22N2O4. The monoisotopic (exact) mass is 306 g/mol. The van der Waals surface area contributed by atoms with Gasteiger partial charge in [0, 0.05) is 25.9 Å². The summed E-state index contributed by atoms with van der Waals surface area (Å²) < 4.78 is 10.2. The standard InChI is InChI=1S/C16H22N2O4/c1-16(2,3)22-15(20)18-8-11-5-6-13(7-12(11)9-18)17-14(19)10-21-4/h5-7H,8-10H2,1-4H3,(H,17,19). The number of amides is 2. The number of carbonyl (C=O) groups is 2. The minimum atomic E-state index is -0.509. The average molecular weight is 306 g/mol. The number of anilines is 1. The molecule has 0 aliphatic carbocycles. The minimum absolute atomic E-state index is 0.0150. The molecule has 0 fully saturated rings. The van der Waals surface area contributed by atoms with Crippen molar-refractivity contribution in [2.45, 2.75) is 39.5 Å². The number of nitrogens with one attached hydrogen (secondary N) is 1. The van der Waals surface area contributed by atoms with Crippen LogP contribution < -0.4 is 5.32 Å². The second kappa shape index (κ2) is 6.36. The van der Waals surface area contributed by atoms with E-state index < -0.39 is 5.60 Å². The van der Waals surface area contributed by atoms with E-state index in [2.05, 4.69) is 5.32 Å². The summed E-state index contributed by atoms with van der Waals surface area (Å²) in [6.07, 6.45) is -0.325. The lowest BCUT2D eigenvalue weighted by molar-refractivity contribution is -0.119. The fourth-order valence-electron chi connectivity index (χ4n) is 2.26. The Bertz CT molecular complexity index is 578. The predicted molar refractivity (Wildman–Crippen MR) is 82.4 cm³/mol. The molecule has 0 bridgehead atoms. The van der Waals surface area contributed by atoms with Crippen molar-refractivity contribution in [1.82, 2.24) is 4.90 Å². The topological polar surface area (TPSA) is 67.9 Å². The molecule has 0 spiro atoms. The van der Waals surface area contributed by atoms with Gasteiger partial charge in [-0.25, -0.2) is 4.79 Å². The van der Waals surface area contributed by atoms with E-state index in [1.54, 1.807) is 4.90 Å². The van der Waals surface area contributed by atoms with Gasteiger partial charge < -0.3 is 14.8 Å². The van der Waals surface area contributed by atoms with Crippen molar-refractivity contribution in [2.24, 2.45) is 0 Å². The number of benzene rings is 1. The molecule has 1 aromatic rings. The van der Waals surface area contributed by atoms with E-state index in [-0.39, 0.29) is 18.6 Å². The van der Waals surface area contributed by atoms with Crippen molar-refractivity contribution in [1.29, 1.82) is 0 Å². The SMILES string of the molecule is COCC(=O)Nc1ccc2c(c1)CN(C(=O)OC(C)(C)C)C2. The van der Waals surface area contributed by atoms with Gasteiger partial charge >= 0.3 is 6.09 Å². The first-order valence-electron chi connectivity index (χ1n) is 7.17. The van der Waals surface area contributed by atoms with Gasteiger partial charge in [-0.3, -0.25) is 9.69 Å². The van der Waals surface area contributed by atoms with E-state index in [4.69, 9.17) is 9.47 Å². The number of hydrogen-bond donors (Lipinski definition) is 1. The van der Waals surface area contributed by atoms with Crippen LogP contribution in [0.4, 0.5) is 10.5 Å². The molecule has 22 heavy (non-hydrogen) atoms. The highest BCUT2D eigenvalue weighted by atomic mass is 16.6. The highest BCUT2D eigenvalue weighted by molar-refractivity contribution is 5.91. The van der Waals surface area contributed by atoms with Crippen molar-refractivity contribution < 1.29 is 19.1 Å². The second-order valence-electron chi connectivity index (χ2n) is 6.30. The third-order valence-electron chi connectivity index (χ3n) is 3.14. The highest BCUT2D eigenvalue weighted by Crippen LogP contribution is 2.27. The molecule has 1 N–H and O–H groups in total. The molecule has 0 unspecified atom stereocenters. The summed E-state index contributed by atoms with van der Waals surface area (Å²) in [4.78, 5) is 25.3. The number of fused-ring (bicyclic) bond motifs is 1. The van der Waals surface area contributed by atoms with Gasteiger partial charge in [0.15, 0.2) is 0 Å². The van der Waals surface area contributed by atoms with Crippen LogP contribution in [0.3, 0.4) is 0 Å². The summed E-state index contributed by atoms with van der Waals surface area (Å²) in [6.45, 7) is 6.56. The molecule has 0 atom stereocenters. The zero-order valence-electron chi connectivity index (χ0n) is 13.4. The third-order valence-corrected chi connectivity index (χ3v) is 3.14. The van der Waals surface area contributed by atoms with Crippen molar-refractivity contribution in [3.8, 4) is 0 Å². The maximum absolute atomic E-state index is 12.1. The molecule has 1 aromatic carbocycles. The lowest BCUT2D eigenvalue weighted by atomic mass is 10.1. The van der Waals surface area contributed by atoms with Crippen molar-refractivity contribution in [2.75, 3.05) is 19.0 Å². The molecule has 120 valence electrons. The molecule has 2 rings (SSSR count). The molecule has 0 saturated heterocycles. The first kappa shape index (κ1) is 16.3. The predicted octanol–water partition coefficient (Wildman–Crippen LogP) is 2.52. The first-order chi connectivity index (χ1) is 10.3. The highest BCUT2D eigenvalue weighted by Gasteiger charge is 2.27. The zero-order chi connectivity index (χ0) is 16.3. The Morgan fingerprint density at radius 2 is 1.91 bits per heavy atom. The van der Waals surface area contributed by atoms with E-state index >= 15 is 0 Å². The summed E-state index contributed by atoms with van der Waals surface area (Å²) >= 11 is 0. The number of methoxy groups -OCH3 is 1. The van der Waals surface area contributed by atoms with Gasteiger partial charge in [-0.2, -0.15) is 0 Å². The molecular weight excluding hydrogens is 284 g/mol. The van der Waals surface area contributed by atoms with Crippen LogP contribution in [-0.2, 0) is 27.4 Å². The fraction of sp³-hybridized carbons (Fsp3) is 0.500. The Hall–Kier alpha value is -2.08. The molecule has 1 aliphatic heterocycles. The number of rotatable bonds is 3. The van der Waals surface area contributed by atoms with Crippen molar-refractivity contribution in [3.63, 3.8) is 0 Å². The van der Waals surface area contributed by atoms with E-state index in [0.29, 0.717) is 18.8 Å². The van der Waals surface area contributed by atoms with Crippen LogP contribution in [0.1, 0.15) is 31.9 Å². The van der Waals surface area contributed by atoms with Gasteiger partial charge in [-0.15, -0.1) is 0 Å². The number of hydrogen-bond acceptors (Lipinski definition) is 4. The van der Waals surface area contributed by atoms with Crippen LogP contribution in [0.5, 0.6) is 0 Å². The van der Waals surface area contributed by atoms with Crippen LogP contribution >= 0.6 is 0 Å². The summed E-state index contributed by atoms with van der Waals surface area (Å²) in [6, 6.07) is 5.63. The molecule has 0 saturated carbocycles. The Labute approximate surface area is 130 Å². The first-order valence-corrected chi connectivity index (χ1v) is 7.17. The maximum Gasteiger partial charge on any atom is 0.410 e. The molecule has 1 aliphatic rings. The Morgan fingerprint density at radius 3 is 2.55 bits per heavy atom. The fourth-order valence-corrected chi connectivity index (χ4v) is 2.26. The van der Waals surface area contributed by atoms with E-state index in [9.17, 15) is 9.59 Å². The minimum Gasteiger partial charge on any atom is -0.444 e. The van der Waals surface area contributed by atoms with Crippen molar-refractivity contribution in [3.05, 3.63) is 29.3 Å². The molecule has 1 heterocycles. The van der Waals surface area contributed by atoms with Gasteiger partial charge in [0.1, 0.15) is 12.2 Å². The van der Waals surface area contributed by atoms with Gasteiger partial charge in [0.2, 0.25) is 5.91 Å². The number of carbonyl (C=O) groups excluding carboxylic acids is 2. The average Bonchev–Trinajstić information content (AvgIpc) is 2.80. The largest absolute Gasteiger partial charge is 0.444 e. The smallest absolute Gasteiger partial charge is 0.410 e. The van der Waals surface area contributed by atoms with E-state index in [1.165, 1.54) is 7.11 Å². The second-order valence-corrected chi connectivity index (χ2v) is 6.30.